The number of fused-ring (bicyclic) bond motifs is 1. The number of rotatable bonds is 3. The number of aromatic nitrogens is 4. The van der Waals surface area contributed by atoms with E-state index in [1.54, 1.807) is 7.05 Å². The van der Waals surface area contributed by atoms with Crippen molar-refractivity contribution in [2.24, 2.45) is 12.8 Å². The normalized spacial score (nSPS) is 12.7. The maximum absolute atomic E-state index is 6.21. The summed E-state index contributed by atoms with van der Waals surface area (Å²) in [5.41, 5.74) is 7.30. The Morgan fingerprint density at radius 1 is 1.16 bits per heavy atom. The van der Waals surface area contributed by atoms with Gasteiger partial charge in [-0.25, -0.2) is 0 Å². The molecule has 1 heterocycles. The van der Waals surface area contributed by atoms with Gasteiger partial charge in [0.2, 0.25) is 0 Å². The van der Waals surface area contributed by atoms with Crippen molar-refractivity contribution in [1.82, 2.24) is 20.2 Å². The fourth-order valence-electron chi connectivity index (χ4n) is 2.16. The third-order valence-corrected chi connectivity index (χ3v) is 3.15. The van der Waals surface area contributed by atoms with E-state index >= 15 is 0 Å². The molecule has 3 aromatic rings. The zero-order valence-corrected chi connectivity index (χ0v) is 10.7. The fraction of sp³-hybridized carbons (Fsp3) is 0.214. The van der Waals surface area contributed by atoms with Crippen molar-refractivity contribution in [3.63, 3.8) is 0 Å². The van der Waals surface area contributed by atoms with Crippen molar-refractivity contribution >= 4 is 10.8 Å². The van der Waals surface area contributed by atoms with Crippen LogP contribution in [0.25, 0.3) is 10.8 Å². The lowest BCUT2D eigenvalue weighted by Crippen LogP contribution is -2.14. The first-order valence-corrected chi connectivity index (χ1v) is 6.19. The SMILES string of the molecule is Cn1nnc(CC(N)c2ccc3ccccc3c2)n1. The first-order valence-electron chi connectivity index (χ1n) is 6.19. The Morgan fingerprint density at radius 3 is 2.68 bits per heavy atom. The largest absolute Gasteiger partial charge is 0.324 e. The van der Waals surface area contributed by atoms with E-state index in [0.717, 1.165) is 5.56 Å². The van der Waals surface area contributed by atoms with E-state index in [2.05, 4.69) is 45.7 Å². The summed E-state index contributed by atoms with van der Waals surface area (Å²) in [7, 11) is 1.75. The zero-order chi connectivity index (χ0) is 13.2. The molecule has 0 saturated heterocycles. The Bertz CT molecular complexity index is 704. The average Bonchev–Trinajstić information content (AvgIpc) is 2.83. The molecule has 1 unspecified atom stereocenters. The molecule has 1 aromatic heterocycles. The van der Waals surface area contributed by atoms with Crippen LogP contribution in [0.3, 0.4) is 0 Å². The van der Waals surface area contributed by atoms with Gasteiger partial charge in [0.15, 0.2) is 5.82 Å². The third kappa shape index (κ3) is 2.46. The molecule has 0 fully saturated rings. The Labute approximate surface area is 111 Å². The number of tetrazole rings is 1. The quantitative estimate of drug-likeness (QED) is 0.769. The van der Waals surface area contributed by atoms with Gasteiger partial charge in [0.05, 0.1) is 7.05 Å². The summed E-state index contributed by atoms with van der Waals surface area (Å²) in [5.74, 6) is 0.670. The van der Waals surface area contributed by atoms with Crippen molar-refractivity contribution in [1.29, 1.82) is 0 Å². The lowest BCUT2D eigenvalue weighted by molar-refractivity contribution is 0.622. The van der Waals surface area contributed by atoms with Crippen LogP contribution >= 0.6 is 0 Å². The summed E-state index contributed by atoms with van der Waals surface area (Å²) in [6, 6.07) is 14.4. The number of nitrogens with zero attached hydrogens (tertiary/aromatic N) is 4. The van der Waals surface area contributed by atoms with Crippen LogP contribution in [-0.4, -0.2) is 20.2 Å². The van der Waals surface area contributed by atoms with Gasteiger partial charge in [0.1, 0.15) is 0 Å². The van der Waals surface area contributed by atoms with Crippen molar-refractivity contribution < 1.29 is 0 Å². The van der Waals surface area contributed by atoms with Crippen LogP contribution in [0.5, 0.6) is 0 Å². The van der Waals surface area contributed by atoms with E-state index in [9.17, 15) is 0 Å². The van der Waals surface area contributed by atoms with Gasteiger partial charge in [-0.3, -0.25) is 0 Å². The molecule has 0 spiro atoms. The molecule has 19 heavy (non-hydrogen) atoms. The first kappa shape index (κ1) is 11.8. The molecule has 96 valence electrons. The van der Waals surface area contributed by atoms with Crippen LogP contribution in [0.15, 0.2) is 42.5 Å². The molecule has 0 aliphatic heterocycles. The number of hydrogen-bond donors (Lipinski definition) is 1. The summed E-state index contributed by atoms with van der Waals surface area (Å²) < 4.78 is 0. The monoisotopic (exact) mass is 253 g/mol. The predicted molar refractivity (Wildman–Crippen MR) is 73.4 cm³/mol. The molecule has 0 amide bonds. The molecule has 0 aliphatic rings. The highest BCUT2D eigenvalue weighted by molar-refractivity contribution is 5.83. The molecule has 1 atom stereocenters. The lowest BCUT2D eigenvalue weighted by atomic mass is 10.0. The Balaban J connectivity index is 1.86. The molecule has 2 N–H and O–H groups in total. The first-order chi connectivity index (χ1) is 9.22. The zero-order valence-electron chi connectivity index (χ0n) is 10.7. The van der Waals surface area contributed by atoms with Crippen LogP contribution in [-0.2, 0) is 13.5 Å². The Morgan fingerprint density at radius 2 is 1.95 bits per heavy atom. The van der Waals surface area contributed by atoms with Gasteiger partial charge in [-0.1, -0.05) is 36.4 Å². The van der Waals surface area contributed by atoms with Crippen LogP contribution in [0, 0.1) is 0 Å². The van der Waals surface area contributed by atoms with Crippen LogP contribution in [0.1, 0.15) is 17.4 Å². The second-order valence-corrected chi connectivity index (χ2v) is 4.61. The average molecular weight is 253 g/mol. The molecule has 0 aliphatic carbocycles. The molecule has 0 saturated carbocycles. The van der Waals surface area contributed by atoms with Crippen LogP contribution in [0.4, 0.5) is 0 Å². The van der Waals surface area contributed by atoms with E-state index in [1.807, 2.05) is 12.1 Å². The second-order valence-electron chi connectivity index (χ2n) is 4.61. The van der Waals surface area contributed by atoms with Crippen LogP contribution < -0.4 is 5.73 Å². The van der Waals surface area contributed by atoms with Gasteiger partial charge in [-0.15, -0.1) is 10.2 Å². The minimum atomic E-state index is -0.117. The van der Waals surface area contributed by atoms with Gasteiger partial charge in [-0.2, -0.15) is 4.80 Å². The minimum Gasteiger partial charge on any atom is -0.324 e. The maximum atomic E-state index is 6.21. The highest BCUT2D eigenvalue weighted by Gasteiger charge is 2.11. The van der Waals surface area contributed by atoms with Gasteiger partial charge in [0, 0.05) is 12.5 Å². The molecule has 0 radical (unpaired) electrons. The highest BCUT2D eigenvalue weighted by Crippen LogP contribution is 2.20. The highest BCUT2D eigenvalue weighted by atomic mass is 15.6. The van der Waals surface area contributed by atoms with Crippen LogP contribution in [0.2, 0.25) is 0 Å². The molecule has 5 heteroatoms. The molecule has 2 aromatic carbocycles. The summed E-state index contributed by atoms with van der Waals surface area (Å²) in [5, 5.41) is 14.3. The molecular formula is C14H15N5. The van der Waals surface area contributed by atoms with Gasteiger partial charge >= 0.3 is 0 Å². The maximum Gasteiger partial charge on any atom is 0.176 e. The van der Waals surface area contributed by atoms with Crippen molar-refractivity contribution in [3.05, 3.63) is 53.9 Å². The molecule has 5 nitrogen and oxygen atoms in total. The number of benzene rings is 2. The van der Waals surface area contributed by atoms with Crippen molar-refractivity contribution in [2.45, 2.75) is 12.5 Å². The second kappa shape index (κ2) is 4.78. The predicted octanol–water partition coefficient (Wildman–Crippen LogP) is 1.61. The van der Waals surface area contributed by atoms with Gasteiger partial charge < -0.3 is 5.73 Å². The summed E-state index contributed by atoms with van der Waals surface area (Å²) >= 11 is 0. The van der Waals surface area contributed by atoms with E-state index < -0.39 is 0 Å². The molecule has 0 bridgehead atoms. The van der Waals surface area contributed by atoms with Gasteiger partial charge in [0.25, 0.3) is 0 Å². The van der Waals surface area contributed by atoms with Crippen molar-refractivity contribution in [2.75, 3.05) is 0 Å². The Kier molecular flexibility index (Phi) is 2.97. The van der Waals surface area contributed by atoms with E-state index in [1.165, 1.54) is 15.6 Å². The lowest BCUT2D eigenvalue weighted by Gasteiger charge is -2.10. The third-order valence-electron chi connectivity index (χ3n) is 3.15. The van der Waals surface area contributed by atoms with Crippen molar-refractivity contribution in [3.8, 4) is 0 Å². The molecule has 3 rings (SSSR count). The topological polar surface area (TPSA) is 69.6 Å². The van der Waals surface area contributed by atoms with E-state index in [0.29, 0.717) is 12.2 Å². The van der Waals surface area contributed by atoms with E-state index in [4.69, 9.17) is 5.73 Å². The minimum absolute atomic E-state index is 0.117. The van der Waals surface area contributed by atoms with E-state index in [-0.39, 0.29) is 6.04 Å². The summed E-state index contributed by atoms with van der Waals surface area (Å²) in [4.78, 5) is 1.45. The summed E-state index contributed by atoms with van der Waals surface area (Å²) in [6.07, 6.45) is 0.589. The summed E-state index contributed by atoms with van der Waals surface area (Å²) in [6.45, 7) is 0. The number of nitrogens with two attached hydrogens (primary N) is 1. The number of hydrogen-bond acceptors (Lipinski definition) is 4. The Hall–Kier alpha value is -2.27. The smallest absolute Gasteiger partial charge is 0.176 e. The molecular weight excluding hydrogens is 238 g/mol. The standard InChI is InChI=1S/C14H15N5/c1-19-17-14(16-18-19)9-13(15)12-7-6-10-4-2-3-5-11(10)8-12/h2-8,13H,9,15H2,1H3. The number of aryl methyl sites for hydroxylation is 1. The fourth-order valence-corrected chi connectivity index (χ4v) is 2.16. The van der Waals surface area contributed by atoms with Gasteiger partial charge in [-0.05, 0) is 27.6 Å².